The van der Waals surface area contributed by atoms with E-state index < -0.39 is 0 Å². The lowest BCUT2D eigenvalue weighted by atomic mass is 10.3. The molecule has 0 spiro atoms. The fourth-order valence-corrected chi connectivity index (χ4v) is 2.49. The highest BCUT2D eigenvalue weighted by Crippen LogP contribution is 2.23. The van der Waals surface area contributed by atoms with Crippen LogP contribution in [0.5, 0.6) is 0 Å². The smallest absolute Gasteiger partial charge is 0.164 e. The normalized spacial score (nSPS) is 11.1. The van der Waals surface area contributed by atoms with Gasteiger partial charge in [0.2, 0.25) is 0 Å². The van der Waals surface area contributed by atoms with Crippen LogP contribution in [-0.4, -0.2) is 14.5 Å². The van der Waals surface area contributed by atoms with Crippen molar-refractivity contribution in [1.82, 2.24) is 14.5 Å². The number of benzene rings is 1. The van der Waals surface area contributed by atoms with Crippen LogP contribution in [-0.2, 0) is 5.88 Å². The minimum atomic E-state index is 0.353. The Kier molecular flexibility index (Phi) is 3.29. The third-order valence-corrected chi connectivity index (χ3v) is 3.69. The molecule has 3 rings (SSSR count). The number of pyridine rings is 1. The van der Waals surface area contributed by atoms with E-state index in [1.807, 2.05) is 47.9 Å². The fraction of sp³-hybridized carbons (Fsp3) is 0.143. The van der Waals surface area contributed by atoms with Crippen LogP contribution >= 0.6 is 27.5 Å². The molecule has 2 heterocycles. The Bertz CT molecular complexity index is 734. The highest BCUT2D eigenvalue weighted by molar-refractivity contribution is 9.10. The molecular formula is C14H11BrClN3. The minimum absolute atomic E-state index is 0.353. The molecule has 0 N–H and O–H groups in total. The monoisotopic (exact) mass is 335 g/mol. The summed E-state index contributed by atoms with van der Waals surface area (Å²) >= 11 is 9.44. The van der Waals surface area contributed by atoms with Crippen molar-refractivity contribution in [3.05, 3.63) is 52.4 Å². The van der Waals surface area contributed by atoms with Crippen LogP contribution in [0.15, 0.2) is 40.9 Å². The van der Waals surface area contributed by atoms with Gasteiger partial charge in [0, 0.05) is 15.9 Å². The number of aryl methyl sites for hydroxylation is 1. The molecule has 0 saturated heterocycles. The molecule has 0 bridgehead atoms. The van der Waals surface area contributed by atoms with Crippen LogP contribution in [0.4, 0.5) is 0 Å². The zero-order chi connectivity index (χ0) is 13.4. The Morgan fingerprint density at radius 3 is 2.53 bits per heavy atom. The van der Waals surface area contributed by atoms with Crippen molar-refractivity contribution in [2.75, 3.05) is 0 Å². The Morgan fingerprint density at radius 2 is 1.84 bits per heavy atom. The van der Waals surface area contributed by atoms with Crippen LogP contribution < -0.4 is 0 Å². The largest absolute Gasteiger partial charge is 0.280 e. The second-order valence-corrected chi connectivity index (χ2v) is 5.45. The topological polar surface area (TPSA) is 30.7 Å². The van der Waals surface area contributed by atoms with E-state index in [-0.39, 0.29) is 0 Å². The van der Waals surface area contributed by atoms with Gasteiger partial charge in [-0.05, 0) is 43.3 Å². The number of nitrogens with zero attached hydrogens (tertiary/aromatic N) is 3. The van der Waals surface area contributed by atoms with Gasteiger partial charge in [-0.2, -0.15) is 0 Å². The molecule has 1 aromatic carbocycles. The number of halogens is 2. The maximum atomic E-state index is 6.00. The molecule has 0 unspecified atom stereocenters. The summed E-state index contributed by atoms with van der Waals surface area (Å²) in [6.45, 7) is 1.97. The van der Waals surface area contributed by atoms with Crippen LogP contribution in [0.3, 0.4) is 0 Å². The molecule has 0 atom stereocenters. The van der Waals surface area contributed by atoms with Gasteiger partial charge in [-0.1, -0.05) is 15.9 Å². The van der Waals surface area contributed by atoms with E-state index in [0.717, 1.165) is 32.8 Å². The van der Waals surface area contributed by atoms with Crippen LogP contribution in [0.2, 0.25) is 0 Å². The van der Waals surface area contributed by atoms with Gasteiger partial charge in [-0.3, -0.25) is 4.57 Å². The minimum Gasteiger partial charge on any atom is -0.280 e. The predicted octanol–water partition coefficient (Wildman–Crippen LogP) is 4.23. The first-order valence-electron chi connectivity index (χ1n) is 5.86. The molecule has 5 heteroatoms. The Labute approximate surface area is 124 Å². The molecule has 2 aromatic heterocycles. The average Bonchev–Trinajstić information content (AvgIpc) is 2.77. The maximum Gasteiger partial charge on any atom is 0.164 e. The Balaban J connectivity index is 2.31. The Morgan fingerprint density at radius 1 is 1.11 bits per heavy atom. The van der Waals surface area contributed by atoms with Gasteiger partial charge in [0.1, 0.15) is 11.3 Å². The number of fused-ring (bicyclic) bond motifs is 1. The first-order valence-corrected chi connectivity index (χ1v) is 7.18. The molecule has 0 aliphatic rings. The van der Waals surface area contributed by atoms with Crippen molar-refractivity contribution in [3.8, 4) is 5.69 Å². The quantitative estimate of drug-likeness (QED) is 0.656. The van der Waals surface area contributed by atoms with E-state index in [1.165, 1.54) is 0 Å². The van der Waals surface area contributed by atoms with Crippen molar-refractivity contribution >= 4 is 38.7 Å². The summed E-state index contributed by atoms with van der Waals surface area (Å²) < 4.78 is 3.04. The van der Waals surface area contributed by atoms with E-state index in [4.69, 9.17) is 11.6 Å². The van der Waals surface area contributed by atoms with E-state index in [9.17, 15) is 0 Å². The Hall–Kier alpha value is -1.39. The first-order chi connectivity index (χ1) is 9.19. The van der Waals surface area contributed by atoms with E-state index in [0.29, 0.717) is 5.88 Å². The molecule has 0 radical (unpaired) electrons. The van der Waals surface area contributed by atoms with Crippen molar-refractivity contribution in [1.29, 1.82) is 0 Å². The zero-order valence-corrected chi connectivity index (χ0v) is 12.6. The summed E-state index contributed by atoms with van der Waals surface area (Å²) in [5.74, 6) is 1.16. The number of aromatic nitrogens is 3. The molecule has 0 aliphatic carbocycles. The summed E-state index contributed by atoms with van der Waals surface area (Å²) in [5.41, 5.74) is 3.69. The molecule has 0 amide bonds. The second kappa shape index (κ2) is 4.94. The molecule has 0 fully saturated rings. The van der Waals surface area contributed by atoms with Gasteiger partial charge < -0.3 is 0 Å². The van der Waals surface area contributed by atoms with Gasteiger partial charge in [0.15, 0.2) is 5.65 Å². The number of rotatable bonds is 2. The molecule has 96 valence electrons. The van der Waals surface area contributed by atoms with Crippen LogP contribution in [0.1, 0.15) is 11.5 Å². The lowest BCUT2D eigenvalue weighted by molar-refractivity contribution is 0.966. The first kappa shape index (κ1) is 12.6. The molecule has 19 heavy (non-hydrogen) atoms. The van der Waals surface area contributed by atoms with E-state index in [2.05, 4.69) is 25.9 Å². The molecular weight excluding hydrogens is 326 g/mol. The molecule has 3 nitrogen and oxygen atoms in total. The highest BCUT2D eigenvalue weighted by Gasteiger charge is 2.12. The summed E-state index contributed by atoms with van der Waals surface area (Å²) in [7, 11) is 0. The number of imidazole rings is 1. The van der Waals surface area contributed by atoms with Crippen molar-refractivity contribution in [3.63, 3.8) is 0 Å². The van der Waals surface area contributed by atoms with Crippen LogP contribution in [0, 0.1) is 6.92 Å². The fourth-order valence-electron chi connectivity index (χ4n) is 2.05. The number of hydrogen-bond donors (Lipinski definition) is 0. The summed E-state index contributed by atoms with van der Waals surface area (Å²) in [6, 6.07) is 12.0. The lowest BCUT2D eigenvalue weighted by Gasteiger charge is -2.07. The van der Waals surface area contributed by atoms with Gasteiger partial charge in [0.05, 0.1) is 5.88 Å². The third-order valence-electron chi connectivity index (χ3n) is 2.92. The van der Waals surface area contributed by atoms with Crippen LogP contribution in [0.25, 0.3) is 16.9 Å². The summed E-state index contributed by atoms with van der Waals surface area (Å²) in [5, 5.41) is 0. The van der Waals surface area contributed by atoms with E-state index >= 15 is 0 Å². The molecule has 3 aromatic rings. The van der Waals surface area contributed by atoms with Crippen molar-refractivity contribution in [2.24, 2.45) is 0 Å². The maximum absolute atomic E-state index is 6.00. The molecule has 0 saturated carbocycles. The van der Waals surface area contributed by atoms with Crippen molar-refractivity contribution < 1.29 is 0 Å². The van der Waals surface area contributed by atoms with Gasteiger partial charge in [0.25, 0.3) is 0 Å². The summed E-state index contributed by atoms with van der Waals surface area (Å²) in [4.78, 5) is 9.10. The SMILES string of the molecule is Cc1ccc2nc(CCl)n(-c3ccc(Br)cc3)c2n1. The van der Waals surface area contributed by atoms with Crippen molar-refractivity contribution in [2.45, 2.75) is 12.8 Å². The lowest BCUT2D eigenvalue weighted by Crippen LogP contribution is -2.00. The highest BCUT2D eigenvalue weighted by atomic mass is 79.9. The van der Waals surface area contributed by atoms with Gasteiger partial charge in [-0.25, -0.2) is 9.97 Å². The predicted molar refractivity (Wildman–Crippen MR) is 80.9 cm³/mol. The van der Waals surface area contributed by atoms with E-state index in [1.54, 1.807) is 0 Å². The zero-order valence-electron chi connectivity index (χ0n) is 10.3. The van der Waals surface area contributed by atoms with Gasteiger partial charge >= 0.3 is 0 Å². The third kappa shape index (κ3) is 2.26. The average molecular weight is 337 g/mol. The summed E-state index contributed by atoms with van der Waals surface area (Å²) in [6.07, 6.45) is 0. The second-order valence-electron chi connectivity index (χ2n) is 4.27. The molecule has 0 aliphatic heterocycles. The van der Waals surface area contributed by atoms with Gasteiger partial charge in [-0.15, -0.1) is 11.6 Å². The standard InChI is InChI=1S/C14H11BrClN3/c1-9-2-7-12-14(17-9)19(13(8-16)18-12)11-5-3-10(15)4-6-11/h2-7H,8H2,1H3. The number of hydrogen-bond acceptors (Lipinski definition) is 2. The number of alkyl halides is 1.